The molecule has 1 amide bonds. The van der Waals surface area contributed by atoms with Crippen LogP contribution >= 0.6 is 0 Å². The number of alkyl carbamates (subject to hydrolysis) is 1. The second-order valence-electron chi connectivity index (χ2n) is 5.50. The first-order chi connectivity index (χ1) is 7.24. The van der Waals surface area contributed by atoms with Crippen molar-refractivity contribution in [1.82, 2.24) is 5.32 Å². The van der Waals surface area contributed by atoms with Gasteiger partial charge in [0, 0.05) is 6.04 Å². The molecule has 0 aromatic rings. The molecule has 0 spiro atoms. The number of amides is 1. The monoisotopic (exact) mass is 227 g/mol. The van der Waals surface area contributed by atoms with Crippen LogP contribution in [0.5, 0.6) is 0 Å². The predicted octanol–water partition coefficient (Wildman–Crippen LogP) is 3.50. The van der Waals surface area contributed by atoms with Crippen LogP contribution < -0.4 is 5.32 Å². The summed E-state index contributed by atoms with van der Waals surface area (Å²) in [6.07, 6.45) is 3.19. The summed E-state index contributed by atoms with van der Waals surface area (Å²) in [6.45, 7) is 13.5. The first-order valence-corrected chi connectivity index (χ1v) is 5.85. The molecule has 0 aromatic heterocycles. The number of hydrogen-bond donors (Lipinski definition) is 1. The summed E-state index contributed by atoms with van der Waals surface area (Å²) in [5.41, 5.74) is -0.444. The molecule has 3 nitrogen and oxygen atoms in total. The molecule has 0 aliphatic carbocycles. The van der Waals surface area contributed by atoms with E-state index in [0.29, 0.717) is 5.92 Å². The van der Waals surface area contributed by atoms with Crippen molar-refractivity contribution < 1.29 is 9.53 Å². The van der Waals surface area contributed by atoms with Gasteiger partial charge < -0.3 is 10.1 Å². The zero-order valence-electron chi connectivity index (χ0n) is 11.2. The summed E-state index contributed by atoms with van der Waals surface area (Å²) in [4.78, 5) is 11.6. The number of hydrogen-bond acceptors (Lipinski definition) is 2. The van der Waals surface area contributed by atoms with E-state index in [-0.39, 0.29) is 12.1 Å². The molecule has 0 unspecified atom stereocenters. The third-order valence-corrected chi connectivity index (χ3v) is 1.93. The topological polar surface area (TPSA) is 38.3 Å². The predicted molar refractivity (Wildman–Crippen MR) is 67.4 cm³/mol. The van der Waals surface area contributed by atoms with Gasteiger partial charge in [0.15, 0.2) is 0 Å². The molecule has 0 aromatic carbocycles. The SMILES string of the molecule is C=CC[C@H](CC(C)C)NC(=O)OC(C)(C)C. The van der Waals surface area contributed by atoms with E-state index < -0.39 is 5.60 Å². The van der Waals surface area contributed by atoms with Crippen molar-refractivity contribution in [3.63, 3.8) is 0 Å². The van der Waals surface area contributed by atoms with E-state index in [1.54, 1.807) is 0 Å². The Kier molecular flexibility index (Phi) is 6.16. The summed E-state index contributed by atoms with van der Waals surface area (Å²) >= 11 is 0. The highest BCUT2D eigenvalue weighted by atomic mass is 16.6. The van der Waals surface area contributed by atoms with Crippen LogP contribution in [0.15, 0.2) is 12.7 Å². The number of carbonyl (C=O) groups excluding carboxylic acids is 1. The Morgan fingerprint density at radius 3 is 2.38 bits per heavy atom. The molecular weight excluding hydrogens is 202 g/mol. The van der Waals surface area contributed by atoms with Gasteiger partial charge in [0.2, 0.25) is 0 Å². The number of ether oxygens (including phenoxy) is 1. The van der Waals surface area contributed by atoms with Crippen molar-refractivity contribution in [1.29, 1.82) is 0 Å². The molecule has 0 rings (SSSR count). The van der Waals surface area contributed by atoms with Crippen molar-refractivity contribution in [2.45, 2.75) is 59.1 Å². The summed E-state index contributed by atoms with van der Waals surface area (Å²) in [7, 11) is 0. The molecule has 0 heterocycles. The fraction of sp³-hybridized carbons (Fsp3) is 0.769. The molecule has 0 aliphatic heterocycles. The first kappa shape index (κ1) is 15.0. The van der Waals surface area contributed by atoms with Gasteiger partial charge in [0.05, 0.1) is 0 Å². The minimum absolute atomic E-state index is 0.118. The van der Waals surface area contributed by atoms with Gasteiger partial charge in [-0.15, -0.1) is 6.58 Å². The van der Waals surface area contributed by atoms with Crippen molar-refractivity contribution >= 4 is 6.09 Å². The van der Waals surface area contributed by atoms with Gasteiger partial charge in [-0.25, -0.2) is 4.79 Å². The summed E-state index contributed by atoms with van der Waals surface area (Å²) in [5, 5.41) is 2.87. The van der Waals surface area contributed by atoms with Crippen LogP contribution in [-0.2, 0) is 4.74 Å². The highest BCUT2D eigenvalue weighted by Gasteiger charge is 2.19. The maximum absolute atomic E-state index is 11.6. The Morgan fingerprint density at radius 1 is 1.44 bits per heavy atom. The minimum atomic E-state index is -0.444. The summed E-state index contributed by atoms with van der Waals surface area (Å²) in [5.74, 6) is 0.542. The lowest BCUT2D eigenvalue weighted by atomic mass is 10.0. The fourth-order valence-corrected chi connectivity index (χ4v) is 1.46. The van der Waals surface area contributed by atoms with E-state index in [2.05, 4.69) is 25.7 Å². The van der Waals surface area contributed by atoms with Crippen molar-refractivity contribution in [3.05, 3.63) is 12.7 Å². The van der Waals surface area contributed by atoms with Crippen LogP contribution in [0.3, 0.4) is 0 Å². The molecular formula is C13H25NO2. The molecule has 0 saturated carbocycles. The van der Waals surface area contributed by atoms with E-state index in [1.165, 1.54) is 0 Å². The van der Waals surface area contributed by atoms with Crippen molar-refractivity contribution in [2.24, 2.45) is 5.92 Å². The summed E-state index contributed by atoms with van der Waals surface area (Å²) in [6, 6.07) is 0.118. The zero-order chi connectivity index (χ0) is 12.8. The molecule has 1 N–H and O–H groups in total. The Bertz CT molecular complexity index is 229. The summed E-state index contributed by atoms with van der Waals surface area (Å²) < 4.78 is 5.21. The van der Waals surface area contributed by atoms with Gasteiger partial charge in [-0.2, -0.15) is 0 Å². The molecule has 0 bridgehead atoms. The standard InChI is InChI=1S/C13H25NO2/c1-7-8-11(9-10(2)3)14-12(15)16-13(4,5)6/h7,10-11H,1,8-9H2,2-6H3,(H,14,15)/t11-/m1/s1. The number of nitrogens with one attached hydrogen (secondary N) is 1. The van der Waals surface area contributed by atoms with Gasteiger partial charge in [-0.3, -0.25) is 0 Å². The maximum Gasteiger partial charge on any atom is 0.407 e. The van der Waals surface area contributed by atoms with E-state index >= 15 is 0 Å². The van der Waals surface area contributed by atoms with Crippen molar-refractivity contribution in [2.75, 3.05) is 0 Å². The van der Waals surface area contributed by atoms with Crippen LogP contribution in [0.1, 0.15) is 47.5 Å². The van der Waals surface area contributed by atoms with Gasteiger partial charge >= 0.3 is 6.09 Å². The molecule has 3 heteroatoms. The highest BCUT2D eigenvalue weighted by Crippen LogP contribution is 2.11. The van der Waals surface area contributed by atoms with E-state index in [9.17, 15) is 4.79 Å². The largest absolute Gasteiger partial charge is 0.444 e. The Balaban J connectivity index is 4.17. The van der Waals surface area contributed by atoms with E-state index in [0.717, 1.165) is 12.8 Å². The lowest BCUT2D eigenvalue weighted by Crippen LogP contribution is -2.39. The highest BCUT2D eigenvalue weighted by molar-refractivity contribution is 5.68. The second kappa shape index (κ2) is 6.56. The van der Waals surface area contributed by atoms with Crippen LogP contribution in [0.25, 0.3) is 0 Å². The Labute approximate surface area is 99.3 Å². The Morgan fingerprint density at radius 2 is 2.00 bits per heavy atom. The lowest BCUT2D eigenvalue weighted by molar-refractivity contribution is 0.0499. The van der Waals surface area contributed by atoms with Gasteiger partial charge in [0.25, 0.3) is 0 Å². The second-order valence-corrected chi connectivity index (χ2v) is 5.50. The quantitative estimate of drug-likeness (QED) is 0.730. The van der Waals surface area contributed by atoms with Gasteiger partial charge in [0.1, 0.15) is 5.60 Å². The minimum Gasteiger partial charge on any atom is -0.444 e. The molecule has 0 radical (unpaired) electrons. The van der Waals surface area contributed by atoms with Gasteiger partial charge in [-0.05, 0) is 39.5 Å². The normalized spacial score (nSPS) is 13.4. The number of rotatable bonds is 5. The molecule has 16 heavy (non-hydrogen) atoms. The zero-order valence-corrected chi connectivity index (χ0v) is 11.2. The molecule has 0 fully saturated rings. The van der Waals surface area contributed by atoms with Gasteiger partial charge in [-0.1, -0.05) is 19.9 Å². The van der Waals surface area contributed by atoms with Crippen LogP contribution in [0, 0.1) is 5.92 Å². The van der Waals surface area contributed by atoms with E-state index in [4.69, 9.17) is 4.74 Å². The molecule has 0 saturated heterocycles. The van der Waals surface area contributed by atoms with Crippen LogP contribution in [-0.4, -0.2) is 17.7 Å². The number of carbonyl (C=O) groups is 1. The lowest BCUT2D eigenvalue weighted by Gasteiger charge is -2.24. The van der Waals surface area contributed by atoms with Crippen LogP contribution in [0.4, 0.5) is 4.79 Å². The molecule has 1 atom stereocenters. The maximum atomic E-state index is 11.6. The first-order valence-electron chi connectivity index (χ1n) is 5.85. The van der Waals surface area contributed by atoms with E-state index in [1.807, 2.05) is 26.8 Å². The third-order valence-electron chi connectivity index (χ3n) is 1.93. The average Bonchev–Trinajstić information content (AvgIpc) is 1.98. The molecule has 94 valence electrons. The molecule has 0 aliphatic rings. The third kappa shape index (κ3) is 8.33. The van der Waals surface area contributed by atoms with Crippen molar-refractivity contribution in [3.8, 4) is 0 Å². The average molecular weight is 227 g/mol. The Hall–Kier alpha value is -0.990. The van der Waals surface area contributed by atoms with Crippen LogP contribution in [0.2, 0.25) is 0 Å². The smallest absolute Gasteiger partial charge is 0.407 e. The fourth-order valence-electron chi connectivity index (χ4n) is 1.46.